The van der Waals surface area contributed by atoms with Crippen molar-refractivity contribution in [1.29, 1.82) is 0 Å². The first kappa shape index (κ1) is 16.2. The minimum atomic E-state index is -0.990. The zero-order valence-electron chi connectivity index (χ0n) is 11.8. The smallest absolute Gasteiger partial charge is 0.256 e. The Morgan fingerprint density at radius 3 is 2.75 bits per heavy atom. The number of nitrogens with one attached hydrogen (secondary N) is 1. The third-order valence-electron chi connectivity index (χ3n) is 2.74. The van der Waals surface area contributed by atoms with Gasteiger partial charge in [-0.15, -0.1) is 0 Å². The maximum atomic E-state index is 13.8. The van der Waals surface area contributed by atoms with Crippen molar-refractivity contribution in [3.8, 4) is 11.8 Å². The van der Waals surface area contributed by atoms with Gasteiger partial charge in [0.15, 0.2) is 0 Å². The summed E-state index contributed by atoms with van der Waals surface area (Å²) < 4.78 is 18.8. The molecule has 1 aromatic rings. The molecule has 5 heteroatoms. The number of anilines is 1. The minimum Gasteiger partial charge on any atom is -0.395 e. The molecule has 0 atom stereocenters. The van der Waals surface area contributed by atoms with Crippen LogP contribution in [0.25, 0.3) is 0 Å². The molecule has 2 N–H and O–H groups in total. The first-order valence-corrected chi connectivity index (χ1v) is 6.16. The van der Waals surface area contributed by atoms with E-state index in [4.69, 9.17) is 9.84 Å². The molecule has 0 unspecified atom stereocenters. The lowest BCUT2D eigenvalue weighted by atomic mass is 10.1. The van der Waals surface area contributed by atoms with E-state index in [2.05, 4.69) is 17.2 Å². The number of ether oxygens (including phenoxy) is 1. The fourth-order valence-electron chi connectivity index (χ4n) is 1.28. The van der Waals surface area contributed by atoms with Gasteiger partial charge in [0.1, 0.15) is 11.4 Å². The Hall–Kier alpha value is -1.90. The molecule has 0 aliphatic heterocycles. The van der Waals surface area contributed by atoms with Crippen LogP contribution in [0.1, 0.15) is 25.8 Å². The van der Waals surface area contributed by atoms with E-state index < -0.39 is 11.4 Å². The van der Waals surface area contributed by atoms with Gasteiger partial charge in [-0.3, -0.25) is 4.79 Å². The lowest BCUT2D eigenvalue weighted by Gasteiger charge is -2.21. The van der Waals surface area contributed by atoms with Crippen molar-refractivity contribution in [2.45, 2.75) is 25.9 Å². The van der Waals surface area contributed by atoms with Gasteiger partial charge in [0.2, 0.25) is 0 Å². The number of aliphatic hydroxyl groups is 1. The second-order valence-electron chi connectivity index (χ2n) is 4.64. The first-order chi connectivity index (χ1) is 9.40. The standard InChI is InChI=1S/C15H18FNO3/c1-15(2,20-3)14(19)17-12-8-7-11(13(16)10-12)6-4-5-9-18/h7-8,10,18H,5,9H2,1-3H3,(H,17,19). The Labute approximate surface area is 117 Å². The average molecular weight is 279 g/mol. The van der Waals surface area contributed by atoms with Gasteiger partial charge < -0.3 is 15.2 Å². The number of hydrogen-bond donors (Lipinski definition) is 2. The molecule has 1 rings (SSSR count). The van der Waals surface area contributed by atoms with Crippen LogP contribution >= 0.6 is 0 Å². The number of aliphatic hydroxyl groups excluding tert-OH is 1. The molecule has 0 aliphatic rings. The van der Waals surface area contributed by atoms with Crippen LogP contribution in [-0.2, 0) is 9.53 Å². The molecule has 0 spiro atoms. The average Bonchev–Trinajstić information content (AvgIpc) is 2.41. The van der Waals surface area contributed by atoms with Crippen molar-refractivity contribution in [2.24, 2.45) is 0 Å². The molecule has 0 fully saturated rings. The predicted octanol–water partition coefficient (Wildman–Crippen LogP) is 1.92. The van der Waals surface area contributed by atoms with Gasteiger partial charge in [-0.1, -0.05) is 11.8 Å². The van der Waals surface area contributed by atoms with Crippen LogP contribution in [0, 0.1) is 17.7 Å². The number of amides is 1. The highest BCUT2D eigenvalue weighted by molar-refractivity contribution is 5.96. The zero-order chi connectivity index (χ0) is 15.2. The Balaban J connectivity index is 2.84. The Morgan fingerprint density at radius 1 is 1.50 bits per heavy atom. The van der Waals surface area contributed by atoms with E-state index >= 15 is 0 Å². The lowest BCUT2D eigenvalue weighted by molar-refractivity contribution is -0.133. The largest absolute Gasteiger partial charge is 0.395 e. The number of halogens is 1. The van der Waals surface area contributed by atoms with Gasteiger partial charge in [-0.2, -0.15) is 0 Å². The molecule has 1 amide bonds. The molecule has 0 bridgehead atoms. The zero-order valence-corrected chi connectivity index (χ0v) is 11.8. The molecule has 0 saturated heterocycles. The highest BCUT2D eigenvalue weighted by Crippen LogP contribution is 2.17. The molecule has 4 nitrogen and oxygen atoms in total. The van der Waals surface area contributed by atoms with Crippen molar-refractivity contribution < 1.29 is 19.0 Å². The number of benzene rings is 1. The molecule has 108 valence electrons. The summed E-state index contributed by atoms with van der Waals surface area (Å²) in [6.45, 7) is 3.18. The summed E-state index contributed by atoms with van der Waals surface area (Å²) in [6, 6.07) is 4.25. The Morgan fingerprint density at radius 2 is 2.20 bits per heavy atom. The summed E-state index contributed by atoms with van der Waals surface area (Å²) in [5.41, 5.74) is -0.427. The van der Waals surface area contributed by atoms with Gasteiger partial charge in [-0.05, 0) is 32.0 Å². The molecule has 0 aliphatic carbocycles. The van der Waals surface area contributed by atoms with E-state index in [1.54, 1.807) is 19.9 Å². The van der Waals surface area contributed by atoms with Crippen molar-refractivity contribution >= 4 is 11.6 Å². The molecule has 0 heterocycles. The first-order valence-electron chi connectivity index (χ1n) is 6.16. The van der Waals surface area contributed by atoms with Crippen molar-refractivity contribution in [3.63, 3.8) is 0 Å². The predicted molar refractivity (Wildman–Crippen MR) is 74.7 cm³/mol. The normalized spacial score (nSPS) is 10.7. The van der Waals surface area contributed by atoms with Crippen LogP contribution in [0.2, 0.25) is 0 Å². The summed E-state index contributed by atoms with van der Waals surface area (Å²) in [5, 5.41) is 11.2. The third-order valence-corrected chi connectivity index (χ3v) is 2.74. The fraction of sp³-hybridized carbons (Fsp3) is 0.400. The number of carbonyl (C=O) groups excluding carboxylic acids is 1. The number of carbonyl (C=O) groups is 1. The van der Waals surface area contributed by atoms with Gasteiger partial charge in [0, 0.05) is 19.2 Å². The molecule has 0 aromatic heterocycles. The van der Waals surface area contributed by atoms with Crippen LogP contribution < -0.4 is 5.32 Å². The monoisotopic (exact) mass is 279 g/mol. The van der Waals surface area contributed by atoms with Crippen LogP contribution in [0.5, 0.6) is 0 Å². The fourth-order valence-corrected chi connectivity index (χ4v) is 1.28. The second kappa shape index (κ2) is 7.04. The van der Waals surface area contributed by atoms with E-state index in [-0.39, 0.29) is 18.1 Å². The SMILES string of the molecule is COC(C)(C)C(=O)Nc1ccc(C#CCCO)c(F)c1. The quantitative estimate of drug-likeness (QED) is 0.828. The van der Waals surface area contributed by atoms with E-state index in [9.17, 15) is 9.18 Å². The van der Waals surface area contributed by atoms with E-state index in [1.165, 1.54) is 19.2 Å². The van der Waals surface area contributed by atoms with Crippen LogP contribution in [-0.4, -0.2) is 30.3 Å². The summed E-state index contributed by atoms with van der Waals surface area (Å²) in [6.07, 6.45) is 0.292. The van der Waals surface area contributed by atoms with Gasteiger partial charge in [0.05, 0.1) is 12.2 Å². The molecule has 20 heavy (non-hydrogen) atoms. The van der Waals surface area contributed by atoms with Gasteiger partial charge >= 0.3 is 0 Å². The maximum absolute atomic E-state index is 13.8. The Bertz CT molecular complexity index is 544. The second-order valence-corrected chi connectivity index (χ2v) is 4.64. The topological polar surface area (TPSA) is 58.6 Å². The summed E-state index contributed by atoms with van der Waals surface area (Å²) in [4.78, 5) is 11.9. The van der Waals surface area contributed by atoms with E-state index in [1.807, 2.05) is 0 Å². The lowest BCUT2D eigenvalue weighted by Crippen LogP contribution is -2.38. The van der Waals surface area contributed by atoms with Crippen molar-refractivity contribution in [1.82, 2.24) is 0 Å². The third kappa shape index (κ3) is 4.34. The number of rotatable bonds is 4. The number of hydrogen-bond acceptors (Lipinski definition) is 3. The molecule has 0 saturated carbocycles. The highest BCUT2D eigenvalue weighted by atomic mass is 19.1. The minimum absolute atomic E-state index is 0.0607. The van der Waals surface area contributed by atoms with Crippen LogP contribution in [0.15, 0.2) is 18.2 Å². The summed E-state index contributed by atoms with van der Waals surface area (Å²) >= 11 is 0. The van der Waals surface area contributed by atoms with Gasteiger partial charge in [-0.25, -0.2) is 4.39 Å². The van der Waals surface area contributed by atoms with E-state index in [0.717, 1.165) is 0 Å². The molecular weight excluding hydrogens is 261 g/mol. The van der Waals surface area contributed by atoms with Crippen LogP contribution in [0.4, 0.5) is 10.1 Å². The number of methoxy groups -OCH3 is 1. The van der Waals surface area contributed by atoms with Crippen molar-refractivity contribution in [2.75, 3.05) is 19.0 Å². The molecular formula is C15H18FNO3. The van der Waals surface area contributed by atoms with E-state index in [0.29, 0.717) is 12.1 Å². The Kier molecular flexibility index (Phi) is 5.68. The summed E-state index contributed by atoms with van der Waals surface area (Å²) in [7, 11) is 1.43. The van der Waals surface area contributed by atoms with Crippen LogP contribution in [0.3, 0.4) is 0 Å². The van der Waals surface area contributed by atoms with Gasteiger partial charge in [0.25, 0.3) is 5.91 Å². The highest BCUT2D eigenvalue weighted by Gasteiger charge is 2.26. The summed E-state index contributed by atoms with van der Waals surface area (Å²) in [5.74, 6) is 4.36. The maximum Gasteiger partial charge on any atom is 0.256 e. The molecule has 1 aromatic carbocycles. The molecule has 0 radical (unpaired) electrons. The van der Waals surface area contributed by atoms with Crippen molar-refractivity contribution in [3.05, 3.63) is 29.6 Å².